The van der Waals surface area contributed by atoms with Gasteiger partial charge in [0, 0.05) is 29.9 Å². The number of pyridine rings is 1. The van der Waals surface area contributed by atoms with Crippen LogP contribution in [-0.2, 0) is 11.2 Å². The third-order valence-corrected chi connectivity index (χ3v) is 6.64. The third kappa shape index (κ3) is 6.26. The van der Waals surface area contributed by atoms with Crippen molar-refractivity contribution in [2.24, 2.45) is 0 Å². The van der Waals surface area contributed by atoms with E-state index >= 15 is 0 Å². The monoisotopic (exact) mass is 510 g/mol. The molecule has 0 saturated heterocycles. The Morgan fingerprint density at radius 1 is 1.27 bits per heavy atom. The maximum Gasteiger partial charge on any atom is 0.276 e. The van der Waals surface area contributed by atoms with Gasteiger partial charge in [0.25, 0.3) is 5.89 Å². The highest BCUT2D eigenvalue weighted by Crippen LogP contribution is 2.39. The first-order chi connectivity index (χ1) is 17.9. The smallest absolute Gasteiger partial charge is 0.276 e. The first-order valence-electron chi connectivity index (χ1n) is 12.6. The fourth-order valence-electron chi connectivity index (χ4n) is 4.70. The number of rotatable bonds is 11. The zero-order chi connectivity index (χ0) is 26.4. The predicted molar refractivity (Wildman–Crippen MR) is 136 cm³/mol. The van der Waals surface area contributed by atoms with Gasteiger partial charge in [-0.1, -0.05) is 24.9 Å². The van der Waals surface area contributed by atoms with Crippen molar-refractivity contribution < 1.29 is 29.0 Å². The minimum absolute atomic E-state index is 0.00436. The summed E-state index contributed by atoms with van der Waals surface area (Å²) in [4.78, 5) is 20.3. The SMILES string of the molecule is CCc1cc(-c2noc(-c3cc(OC)c(C4CCCC4)cn3)n2)cc(C)c1OC[C@@H](O)CNC(=O)CO. The van der Waals surface area contributed by atoms with Crippen molar-refractivity contribution >= 4 is 5.91 Å². The Kier molecular flexibility index (Phi) is 8.73. The van der Waals surface area contributed by atoms with Crippen LogP contribution in [0.3, 0.4) is 0 Å². The molecule has 1 aliphatic carbocycles. The van der Waals surface area contributed by atoms with Crippen molar-refractivity contribution in [1.29, 1.82) is 0 Å². The molecular formula is C27H34N4O6. The van der Waals surface area contributed by atoms with Crippen molar-refractivity contribution in [3.8, 4) is 34.5 Å². The lowest BCUT2D eigenvalue weighted by atomic mass is 9.98. The molecule has 198 valence electrons. The fourth-order valence-corrected chi connectivity index (χ4v) is 4.70. The second-order valence-corrected chi connectivity index (χ2v) is 9.28. The highest BCUT2D eigenvalue weighted by atomic mass is 16.5. The molecule has 10 heteroatoms. The molecule has 3 aromatic rings. The summed E-state index contributed by atoms with van der Waals surface area (Å²) in [6.45, 7) is 3.28. The highest BCUT2D eigenvalue weighted by molar-refractivity contribution is 5.76. The number of hydrogen-bond acceptors (Lipinski definition) is 9. The quantitative estimate of drug-likeness (QED) is 0.355. The first-order valence-corrected chi connectivity index (χ1v) is 12.6. The number of aryl methyl sites for hydroxylation is 2. The van der Waals surface area contributed by atoms with Gasteiger partial charge in [-0.05, 0) is 55.4 Å². The lowest BCUT2D eigenvalue weighted by Crippen LogP contribution is -2.36. The number of ether oxygens (including phenoxy) is 2. The molecule has 0 unspecified atom stereocenters. The van der Waals surface area contributed by atoms with E-state index in [1.54, 1.807) is 7.11 Å². The maximum absolute atomic E-state index is 11.2. The molecule has 4 rings (SSSR count). The Morgan fingerprint density at radius 2 is 2.05 bits per heavy atom. The number of hydrogen-bond donors (Lipinski definition) is 3. The third-order valence-electron chi connectivity index (χ3n) is 6.64. The molecule has 1 aliphatic rings. The number of carbonyl (C=O) groups excluding carboxylic acids is 1. The molecule has 1 saturated carbocycles. The van der Waals surface area contributed by atoms with Crippen LogP contribution in [0.5, 0.6) is 11.5 Å². The van der Waals surface area contributed by atoms with Gasteiger partial charge in [0.1, 0.15) is 36.5 Å². The zero-order valence-electron chi connectivity index (χ0n) is 21.5. The fraction of sp³-hybridized carbons (Fsp3) is 0.481. The van der Waals surface area contributed by atoms with E-state index in [-0.39, 0.29) is 13.2 Å². The molecule has 2 aromatic heterocycles. The van der Waals surface area contributed by atoms with E-state index < -0.39 is 18.6 Å². The maximum atomic E-state index is 11.2. The molecule has 0 radical (unpaired) electrons. The largest absolute Gasteiger partial charge is 0.496 e. The average molecular weight is 511 g/mol. The summed E-state index contributed by atoms with van der Waals surface area (Å²) in [7, 11) is 1.67. The minimum atomic E-state index is -0.913. The summed E-state index contributed by atoms with van der Waals surface area (Å²) in [5, 5.41) is 25.5. The summed E-state index contributed by atoms with van der Waals surface area (Å²) in [5.74, 6) is 2.14. The molecule has 2 heterocycles. The topological polar surface area (TPSA) is 140 Å². The van der Waals surface area contributed by atoms with Crippen LogP contribution in [-0.4, -0.2) is 64.2 Å². The average Bonchev–Trinajstić information content (AvgIpc) is 3.63. The van der Waals surface area contributed by atoms with E-state index in [1.807, 2.05) is 38.2 Å². The molecule has 0 bridgehead atoms. The van der Waals surface area contributed by atoms with E-state index in [0.717, 1.165) is 40.8 Å². The van der Waals surface area contributed by atoms with Gasteiger partial charge in [0.05, 0.1) is 7.11 Å². The number of amides is 1. The van der Waals surface area contributed by atoms with Crippen molar-refractivity contribution in [3.63, 3.8) is 0 Å². The van der Waals surface area contributed by atoms with Crippen molar-refractivity contribution in [2.45, 2.75) is 58.0 Å². The molecule has 0 spiro atoms. The van der Waals surface area contributed by atoms with Crippen LogP contribution in [0.1, 0.15) is 55.2 Å². The van der Waals surface area contributed by atoms with Crippen molar-refractivity contribution in [2.75, 3.05) is 26.9 Å². The molecule has 1 fully saturated rings. The number of aliphatic hydroxyl groups excluding tert-OH is 2. The van der Waals surface area contributed by atoms with Crippen LogP contribution in [0.2, 0.25) is 0 Å². The first kappa shape index (κ1) is 26.6. The van der Waals surface area contributed by atoms with Gasteiger partial charge in [0.2, 0.25) is 11.7 Å². The molecule has 10 nitrogen and oxygen atoms in total. The zero-order valence-corrected chi connectivity index (χ0v) is 21.5. The predicted octanol–water partition coefficient (Wildman–Crippen LogP) is 3.18. The molecule has 37 heavy (non-hydrogen) atoms. The van der Waals surface area contributed by atoms with Crippen LogP contribution in [0.15, 0.2) is 28.9 Å². The summed E-state index contributed by atoms with van der Waals surface area (Å²) in [6.07, 6.45) is 6.41. The normalized spacial score (nSPS) is 14.5. The summed E-state index contributed by atoms with van der Waals surface area (Å²) >= 11 is 0. The van der Waals surface area contributed by atoms with Gasteiger partial charge in [-0.2, -0.15) is 4.98 Å². The number of benzene rings is 1. The Labute approximate surface area is 216 Å². The van der Waals surface area contributed by atoms with Crippen LogP contribution in [0, 0.1) is 6.92 Å². The van der Waals surface area contributed by atoms with Crippen LogP contribution in [0.25, 0.3) is 23.0 Å². The van der Waals surface area contributed by atoms with Crippen molar-refractivity contribution in [3.05, 3.63) is 41.1 Å². The van der Waals surface area contributed by atoms with E-state index in [4.69, 9.17) is 19.1 Å². The molecular weight excluding hydrogens is 476 g/mol. The van der Waals surface area contributed by atoms with E-state index in [1.165, 1.54) is 12.8 Å². The number of aromatic nitrogens is 3. The molecule has 0 aliphatic heterocycles. The van der Waals surface area contributed by atoms with E-state index in [9.17, 15) is 9.90 Å². The Hall–Kier alpha value is -3.50. The Morgan fingerprint density at radius 3 is 2.76 bits per heavy atom. The minimum Gasteiger partial charge on any atom is -0.496 e. The number of nitrogens with zero attached hydrogens (tertiary/aromatic N) is 3. The van der Waals surface area contributed by atoms with Gasteiger partial charge in [-0.15, -0.1) is 0 Å². The molecule has 3 N–H and O–H groups in total. The van der Waals surface area contributed by atoms with Gasteiger partial charge >= 0.3 is 0 Å². The number of nitrogens with one attached hydrogen (secondary N) is 1. The summed E-state index contributed by atoms with van der Waals surface area (Å²) < 4.78 is 17.1. The number of methoxy groups -OCH3 is 1. The molecule has 1 atom stereocenters. The number of aliphatic hydroxyl groups is 2. The van der Waals surface area contributed by atoms with Gasteiger partial charge in [0.15, 0.2) is 0 Å². The highest BCUT2D eigenvalue weighted by Gasteiger charge is 2.23. The number of carbonyl (C=O) groups is 1. The summed E-state index contributed by atoms with van der Waals surface area (Å²) in [6, 6.07) is 5.70. The van der Waals surface area contributed by atoms with Crippen molar-refractivity contribution in [1.82, 2.24) is 20.4 Å². The van der Waals surface area contributed by atoms with E-state index in [0.29, 0.717) is 35.5 Å². The summed E-state index contributed by atoms with van der Waals surface area (Å²) in [5.41, 5.74) is 4.25. The van der Waals surface area contributed by atoms with Crippen LogP contribution < -0.4 is 14.8 Å². The Balaban J connectivity index is 1.50. The van der Waals surface area contributed by atoms with Gasteiger partial charge < -0.3 is 29.5 Å². The molecule has 1 amide bonds. The van der Waals surface area contributed by atoms with Crippen LogP contribution in [0.4, 0.5) is 0 Å². The van der Waals surface area contributed by atoms with Gasteiger partial charge in [-0.3, -0.25) is 9.78 Å². The lowest BCUT2D eigenvalue weighted by molar-refractivity contribution is -0.124. The van der Waals surface area contributed by atoms with Gasteiger partial charge in [-0.25, -0.2) is 0 Å². The Bertz CT molecular complexity index is 1220. The second-order valence-electron chi connectivity index (χ2n) is 9.28. The van der Waals surface area contributed by atoms with E-state index in [2.05, 4.69) is 20.4 Å². The lowest BCUT2D eigenvalue weighted by Gasteiger charge is -2.17. The van der Waals surface area contributed by atoms with Crippen LogP contribution >= 0.6 is 0 Å². The molecule has 1 aromatic carbocycles. The standard InChI is InChI=1S/C27H34N4O6/c1-4-17-10-19(9-16(2)25(17)36-15-20(33)12-29-24(34)14-32)26-30-27(37-31-26)22-11-23(35-3)21(13-28-22)18-7-5-6-8-18/h9-11,13,18,20,32-33H,4-8,12,14-15H2,1-3H3,(H,29,34)/t20-/m0/s1. The second kappa shape index (κ2) is 12.2.